The van der Waals surface area contributed by atoms with E-state index in [1.807, 2.05) is 6.07 Å². The summed E-state index contributed by atoms with van der Waals surface area (Å²) < 4.78 is 27.2. The highest BCUT2D eigenvalue weighted by atomic mass is 28.4. The fraction of sp³-hybridized carbons (Fsp3) is 0.581. The summed E-state index contributed by atoms with van der Waals surface area (Å²) in [5.74, 6) is -1.08. The lowest BCUT2D eigenvalue weighted by molar-refractivity contribution is -0.245. The fourth-order valence-electron chi connectivity index (χ4n) is 6.10. The van der Waals surface area contributed by atoms with Crippen LogP contribution in [0.2, 0.25) is 16.6 Å². The molecule has 1 aromatic carbocycles. The van der Waals surface area contributed by atoms with Crippen molar-refractivity contribution in [3.63, 3.8) is 0 Å². The zero-order valence-corrected chi connectivity index (χ0v) is 27.9. The van der Waals surface area contributed by atoms with Gasteiger partial charge < -0.3 is 18.6 Å². The second-order valence-corrected chi connectivity index (χ2v) is 18.2. The molecular weight excluding hydrogens is 582 g/mol. The Morgan fingerprint density at radius 1 is 1.07 bits per heavy atom. The maximum atomic E-state index is 13.0. The molecule has 2 atom stereocenters. The number of aromatic nitrogens is 4. The van der Waals surface area contributed by atoms with Crippen molar-refractivity contribution in [3.05, 3.63) is 52.6 Å². The number of benzene rings is 1. The van der Waals surface area contributed by atoms with E-state index in [1.165, 1.54) is 6.33 Å². The number of anilines is 1. The third-order valence-corrected chi connectivity index (χ3v) is 14.3. The number of H-pyrrole nitrogens is 1. The predicted octanol–water partition coefficient (Wildman–Crippen LogP) is 5.05. The maximum Gasteiger partial charge on any atom is 0.338 e. The molecule has 1 saturated heterocycles. The number of nitrogens with one attached hydrogen (secondary N) is 2. The molecule has 12 nitrogen and oxygen atoms in total. The lowest BCUT2D eigenvalue weighted by Gasteiger charge is -2.46. The molecule has 0 radical (unpaired) electrons. The third kappa shape index (κ3) is 6.95. The lowest BCUT2D eigenvalue weighted by atomic mass is 10.1. The zero-order valence-electron chi connectivity index (χ0n) is 26.9. The summed E-state index contributed by atoms with van der Waals surface area (Å²) in [6.45, 7) is 17.0. The van der Waals surface area contributed by atoms with E-state index >= 15 is 0 Å². The van der Waals surface area contributed by atoms with Crippen LogP contribution in [-0.4, -0.2) is 71.7 Å². The molecule has 13 heteroatoms. The highest BCUT2D eigenvalue weighted by Crippen LogP contribution is 2.43. The number of carbonyl (C=O) groups excluding carboxylic acids is 2. The van der Waals surface area contributed by atoms with Crippen molar-refractivity contribution in [3.8, 4) is 0 Å². The van der Waals surface area contributed by atoms with Crippen molar-refractivity contribution in [2.75, 3.05) is 31.7 Å². The molecule has 44 heavy (non-hydrogen) atoms. The van der Waals surface area contributed by atoms with E-state index in [9.17, 15) is 14.4 Å². The molecule has 0 spiro atoms. The molecule has 4 rings (SSSR count). The van der Waals surface area contributed by atoms with Gasteiger partial charge in [-0.15, -0.1) is 0 Å². The van der Waals surface area contributed by atoms with Crippen LogP contribution in [0, 0.1) is 5.92 Å². The van der Waals surface area contributed by atoms with Crippen molar-refractivity contribution in [2.24, 2.45) is 5.92 Å². The normalized spacial score (nSPS) is 19.3. The number of fused-ring (bicyclic) bond motifs is 1. The van der Waals surface area contributed by atoms with Crippen LogP contribution >= 0.6 is 0 Å². The van der Waals surface area contributed by atoms with Crippen LogP contribution < -0.4 is 10.9 Å². The second-order valence-electron chi connectivity index (χ2n) is 12.7. The average Bonchev–Trinajstić information content (AvgIpc) is 3.41. The number of imidazole rings is 1. The highest BCUT2D eigenvalue weighted by Gasteiger charge is 2.49. The summed E-state index contributed by atoms with van der Waals surface area (Å²) in [6, 6.07) is 8.76. The molecular formula is C31H45N5O7Si. The Labute approximate surface area is 259 Å². The lowest BCUT2D eigenvalue weighted by Crippen LogP contribution is -2.57. The molecule has 1 fully saturated rings. The summed E-state index contributed by atoms with van der Waals surface area (Å²) in [6.07, 6.45) is 0.682. The number of carbonyl (C=O) groups is 2. The summed E-state index contributed by atoms with van der Waals surface area (Å²) in [4.78, 5) is 49.4. The van der Waals surface area contributed by atoms with E-state index in [0.29, 0.717) is 22.2 Å². The van der Waals surface area contributed by atoms with Crippen molar-refractivity contribution in [2.45, 2.75) is 83.8 Å². The van der Waals surface area contributed by atoms with Gasteiger partial charge in [-0.25, -0.2) is 9.78 Å². The van der Waals surface area contributed by atoms with Crippen LogP contribution in [0.15, 0.2) is 41.5 Å². The van der Waals surface area contributed by atoms with Gasteiger partial charge in [-0.2, -0.15) is 4.98 Å². The van der Waals surface area contributed by atoms with Gasteiger partial charge in [0, 0.05) is 5.92 Å². The van der Waals surface area contributed by atoms with E-state index in [0.717, 1.165) is 0 Å². The van der Waals surface area contributed by atoms with Gasteiger partial charge in [0.05, 0.1) is 31.7 Å². The van der Waals surface area contributed by atoms with Crippen LogP contribution in [0.1, 0.15) is 72.0 Å². The fourth-order valence-corrected chi connectivity index (χ4v) is 11.6. The largest absolute Gasteiger partial charge is 0.459 e. The van der Waals surface area contributed by atoms with E-state index < -0.39 is 31.7 Å². The van der Waals surface area contributed by atoms with E-state index in [-0.39, 0.29) is 55.4 Å². The first kappa shape index (κ1) is 33.5. The molecule has 0 saturated carbocycles. The van der Waals surface area contributed by atoms with Gasteiger partial charge in [-0.1, -0.05) is 73.6 Å². The molecule has 1 aliphatic rings. The van der Waals surface area contributed by atoms with E-state index in [4.69, 9.17) is 18.6 Å². The van der Waals surface area contributed by atoms with E-state index in [2.05, 4.69) is 61.8 Å². The van der Waals surface area contributed by atoms with Gasteiger partial charge >= 0.3 is 5.97 Å². The average molecular weight is 628 g/mol. The molecule has 0 bridgehead atoms. The Balaban J connectivity index is 1.68. The van der Waals surface area contributed by atoms with Crippen molar-refractivity contribution in [1.82, 2.24) is 19.5 Å². The number of rotatable bonds is 12. The highest BCUT2D eigenvalue weighted by molar-refractivity contribution is 6.77. The summed E-state index contributed by atoms with van der Waals surface area (Å²) in [7, 11) is -2.34. The number of aromatic amines is 1. The minimum atomic E-state index is -2.34. The summed E-state index contributed by atoms with van der Waals surface area (Å²) in [5, 5.41) is 2.64. The summed E-state index contributed by atoms with van der Waals surface area (Å²) in [5.41, 5.74) is 0.0277. The Morgan fingerprint density at radius 3 is 2.34 bits per heavy atom. The van der Waals surface area contributed by atoms with E-state index in [1.54, 1.807) is 42.7 Å². The number of amides is 1. The quantitative estimate of drug-likeness (QED) is 0.208. The monoisotopic (exact) mass is 627 g/mol. The standard InChI is InChI=1S/C31H45N5O7Si/c1-19(2)27(37)34-30-33-26-25(28(38)35-30)32-18-36(26)24-14-40-15-31(43-24,16-41-29(39)23-12-10-9-11-13-23)17-42-44(20(3)4,21(5)6)22(7)8/h9-13,18-22,24H,14-17H2,1-8H3,(H2,33,34,35,37,38)/t24-,31+/m1/s1. The first-order valence-electron chi connectivity index (χ1n) is 15.2. The number of hydrogen-bond donors (Lipinski definition) is 2. The molecule has 0 unspecified atom stereocenters. The molecule has 3 aromatic rings. The first-order valence-corrected chi connectivity index (χ1v) is 17.3. The third-order valence-electron chi connectivity index (χ3n) is 8.29. The van der Waals surface area contributed by atoms with Crippen molar-refractivity contribution < 1.29 is 28.2 Å². The molecule has 1 amide bonds. The van der Waals surface area contributed by atoms with Crippen molar-refractivity contribution >= 4 is 37.3 Å². The summed E-state index contributed by atoms with van der Waals surface area (Å²) >= 11 is 0. The Kier molecular flexibility index (Phi) is 10.4. The van der Waals surface area contributed by atoms with Gasteiger partial charge in [-0.3, -0.25) is 24.5 Å². The smallest absolute Gasteiger partial charge is 0.338 e. The van der Waals surface area contributed by atoms with Crippen LogP contribution in [0.4, 0.5) is 5.95 Å². The Hall–Kier alpha value is -3.39. The van der Waals surface area contributed by atoms with Gasteiger partial charge in [-0.05, 0) is 28.8 Å². The minimum absolute atomic E-state index is 0.00708. The molecule has 0 aliphatic carbocycles. The maximum absolute atomic E-state index is 13.0. The molecule has 240 valence electrons. The molecule has 3 heterocycles. The Morgan fingerprint density at radius 2 is 1.73 bits per heavy atom. The van der Waals surface area contributed by atoms with Crippen LogP contribution in [0.25, 0.3) is 11.2 Å². The zero-order chi connectivity index (χ0) is 32.2. The first-order chi connectivity index (χ1) is 20.8. The minimum Gasteiger partial charge on any atom is -0.459 e. The number of hydrogen-bond acceptors (Lipinski definition) is 9. The molecule has 2 aromatic heterocycles. The number of esters is 1. The van der Waals surface area contributed by atoms with Crippen LogP contribution in [0.5, 0.6) is 0 Å². The SMILES string of the molecule is CC(C)C(=O)Nc1nc2c(ncn2[C@H]2COC[C@](COC(=O)c3ccccc3)(CO[Si](C(C)C)(C(C)C)C(C)C)O2)c(=O)[nH]1. The van der Waals surface area contributed by atoms with Gasteiger partial charge in [0.1, 0.15) is 12.2 Å². The number of nitrogens with zero attached hydrogens (tertiary/aromatic N) is 3. The Bertz CT molecular complexity index is 1480. The predicted molar refractivity (Wildman–Crippen MR) is 169 cm³/mol. The van der Waals surface area contributed by atoms with Crippen molar-refractivity contribution in [1.29, 1.82) is 0 Å². The number of ether oxygens (including phenoxy) is 3. The van der Waals surface area contributed by atoms with Crippen LogP contribution in [-0.2, 0) is 23.4 Å². The van der Waals surface area contributed by atoms with Gasteiger partial charge in [0.25, 0.3) is 5.56 Å². The molecule has 2 N–H and O–H groups in total. The second kappa shape index (κ2) is 13.7. The topological polar surface area (TPSA) is 147 Å². The van der Waals surface area contributed by atoms with Gasteiger partial charge in [0.2, 0.25) is 11.9 Å². The van der Waals surface area contributed by atoms with Gasteiger partial charge in [0.15, 0.2) is 25.7 Å². The van der Waals surface area contributed by atoms with Crippen LogP contribution in [0.3, 0.4) is 0 Å². The molecule has 1 aliphatic heterocycles.